The molecule has 0 bridgehead atoms. The normalized spacial score (nSPS) is 15.5. The van der Waals surface area contributed by atoms with E-state index in [2.05, 4.69) is 27.7 Å². The van der Waals surface area contributed by atoms with Gasteiger partial charge in [0.05, 0.1) is 6.10 Å². The molecule has 0 amide bonds. The Hall–Kier alpha value is -0.890. The third-order valence-corrected chi connectivity index (χ3v) is 3.04. The van der Waals surface area contributed by atoms with E-state index in [9.17, 15) is 9.50 Å². The predicted octanol–water partition coefficient (Wildman–Crippen LogP) is 4.63. The van der Waals surface area contributed by atoms with E-state index in [4.69, 9.17) is 0 Å². The van der Waals surface area contributed by atoms with Crippen LogP contribution in [0.2, 0.25) is 0 Å². The minimum atomic E-state index is -0.572. The number of aryl methyl sites for hydroxylation is 1. The molecule has 0 aromatic heterocycles. The molecular weight excluding hydrogens is 227 g/mol. The third-order valence-electron chi connectivity index (χ3n) is 3.04. The first kappa shape index (κ1) is 15.2. The maximum absolute atomic E-state index is 13.3. The van der Waals surface area contributed by atoms with E-state index in [-0.39, 0.29) is 11.2 Å². The van der Waals surface area contributed by atoms with Crippen molar-refractivity contribution in [1.82, 2.24) is 0 Å². The van der Waals surface area contributed by atoms with Gasteiger partial charge in [0.25, 0.3) is 0 Å². The Morgan fingerprint density at radius 1 is 1.22 bits per heavy atom. The van der Waals surface area contributed by atoms with E-state index in [1.807, 2.05) is 13.0 Å². The van der Waals surface area contributed by atoms with Crippen molar-refractivity contribution in [2.75, 3.05) is 0 Å². The first-order valence-corrected chi connectivity index (χ1v) is 6.62. The summed E-state index contributed by atoms with van der Waals surface area (Å²) in [5.74, 6) is 0.149. The van der Waals surface area contributed by atoms with Crippen molar-refractivity contribution in [3.05, 3.63) is 35.1 Å². The molecule has 0 spiro atoms. The first-order chi connectivity index (χ1) is 8.17. The molecule has 18 heavy (non-hydrogen) atoms. The number of hydrogen-bond acceptors (Lipinski definition) is 1. The van der Waals surface area contributed by atoms with Crippen LogP contribution in [0.15, 0.2) is 18.2 Å². The fourth-order valence-corrected chi connectivity index (χ4v) is 2.60. The fourth-order valence-electron chi connectivity index (χ4n) is 2.60. The van der Waals surface area contributed by atoms with Gasteiger partial charge in [-0.1, -0.05) is 33.8 Å². The number of aliphatic hydroxyl groups excluding tert-OH is 1. The summed E-state index contributed by atoms with van der Waals surface area (Å²) in [6.45, 7) is 10.6. The van der Waals surface area contributed by atoms with Crippen LogP contribution in [-0.2, 0) is 0 Å². The highest BCUT2D eigenvalue weighted by molar-refractivity contribution is 5.25. The van der Waals surface area contributed by atoms with Gasteiger partial charge in [0.2, 0.25) is 0 Å². The van der Waals surface area contributed by atoms with E-state index in [1.54, 1.807) is 0 Å². The van der Waals surface area contributed by atoms with Crippen LogP contribution in [0, 0.1) is 24.1 Å². The molecule has 0 aliphatic carbocycles. The Morgan fingerprint density at radius 2 is 1.83 bits per heavy atom. The van der Waals surface area contributed by atoms with Crippen LogP contribution in [0.1, 0.15) is 57.8 Å². The monoisotopic (exact) mass is 252 g/mol. The molecule has 2 heteroatoms. The second-order valence-corrected chi connectivity index (χ2v) is 6.68. The largest absolute Gasteiger partial charge is 0.388 e. The van der Waals surface area contributed by atoms with Crippen LogP contribution in [0.4, 0.5) is 4.39 Å². The van der Waals surface area contributed by atoms with Crippen LogP contribution >= 0.6 is 0 Å². The summed E-state index contributed by atoms with van der Waals surface area (Å²) in [6.07, 6.45) is 1.16. The van der Waals surface area contributed by atoms with Crippen molar-refractivity contribution in [2.45, 2.75) is 53.6 Å². The summed E-state index contributed by atoms with van der Waals surface area (Å²) >= 11 is 0. The molecule has 0 radical (unpaired) electrons. The summed E-state index contributed by atoms with van der Waals surface area (Å²) in [5, 5.41) is 10.2. The van der Waals surface area contributed by atoms with Crippen molar-refractivity contribution >= 4 is 0 Å². The summed E-state index contributed by atoms with van der Waals surface area (Å²) in [4.78, 5) is 0. The Balaban J connectivity index is 2.67. The van der Waals surface area contributed by atoms with Gasteiger partial charge in [-0.3, -0.25) is 0 Å². The fraction of sp³-hybridized carbons (Fsp3) is 0.625. The third kappa shape index (κ3) is 5.18. The molecule has 0 fully saturated rings. The van der Waals surface area contributed by atoms with E-state index in [0.29, 0.717) is 17.9 Å². The Labute approximate surface area is 110 Å². The summed E-state index contributed by atoms with van der Waals surface area (Å²) in [6, 6.07) is 4.77. The second-order valence-electron chi connectivity index (χ2n) is 6.68. The minimum Gasteiger partial charge on any atom is -0.388 e. The van der Waals surface area contributed by atoms with Gasteiger partial charge in [0.1, 0.15) is 5.82 Å². The number of hydrogen-bond donors (Lipinski definition) is 1. The number of halogens is 1. The second kappa shape index (κ2) is 5.83. The summed E-state index contributed by atoms with van der Waals surface area (Å²) < 4.78 is 13.3. The van der Waals surface area contributed by atoms with Crippen molar-refractivity contribution < 1.29 is 9.50 Å². The Bertz CT molecular complexity index is 372. The molecule has 1 aromatic carbocycles. The predicted molar refractivity (Wildman–Crippen MR) is 73.9 cm³/mol. The highest BCUT2D eigenvalue weighted by Crippen LogP contribution is 2.30. The van der Waals surface area contributed by atoms with Crippen molar-refractivity contribution in [2.24, 2.45) is 11.3 Å². The quantitative estimate of drug-likeness (QED) is 0.828. The van der Waals surface area contributed by atoms with Gasteiger partial charge in [-0.2, -0.15) is 0 Å². The molecule has 0 aliphatic rings. The van der Waals surface area contributed by atoms with Gasteiger partial charge in [0.15, 0.2) is 0 Å². The van der Waals surface area contributed by atoms with Gasteiger partial charge in [-0.25, -0.2) is 4.39 Å². The lowest BCUT2D eigenvalue weighted by Gasteiger charge is -2.25. The molecule has 2 unspecified atom stereocenters. The molecule has 1 nitrogen and oxygen atoms in total. The first-order valence-electron chi connectivity index (χ1n) is 6.62. The lowest BCUT2D eigenvalue weighted by atomic mass is 9.82. The van der Waals surface area contributed by atoms with Crippen molar-refractivity contribution in [3.8, 4) is 0 Å². The zero-order chi connectivity index (χ0) is 13.9. The minimum absolute atomic E-state index is 0.261. The topological polar surface area (TPSA) is 20.2 Å². The Kier molecular flexibility index (Phi) is 4.92. The Morgan fingerprint density at radius 3 is 2.33 bits per heavy atom. The van der Waals surface area contributed by atoms with Crippen molar-refractivity contribution in [1.29, 1.82) is 0 Å². The van der Waals surface area contributed by atoms with Crippen molar-refractivity contribution in [3.63, 3.8) is 0 Å². The SMILES string of the molecule is Cc1cc(F)cc(C(O)CC(C)CC(C)(C)C)c1. The molecule has 1 N–H and O–H groups in total. The van der Waals surface area contributed by atoms with E-state index in [0.717, 1.165) is 12.0 Å². The zero-order valence-electron chi connectivity index (χ0n) is 12.1. The molecule has 1 rings (SSSR count). The van der Waals surface area contributed by atoms with Gasteiger partial charge < -0.3 is 5.11 Å². The lowest BCUT2D eigenvalue weighted by molar-refractivity contribution is 0.133. The van der Waals surface area contributed by atoms with Crippen LogP contribution < -0.4 is 0 Å². The molecular formula is C16H25FO. The standard InChI is InChI=1S/C16H25FO/c1-11-6-13(9-14(17)7-11)15(18)8-12(2)10-16(3,4)5/h6-7,9,12,15,18H,8,10H2,1-5H3. The smallest absolute Gasteiger partial charge is 0.123 e. The maximum Gasteiger partial charge on any atom is 0.123 e. The molecule has 0 saturated heterocycles. The maximum atomic E-state index is 13.3. The average Bonchev–Trinajstić information content (AvgIpc) is 2.12. The molecule has 0 saturated carbocycles. The molecule has 2 atom stereocenters. The van der Waals surface area contributed by atoms with Gasteiger partial charge in [-0.05, 0) is 54.4 Å². The van der Waals surface area contributed by atoms with E-state index >= 15 is 0 Å². The van der Waals surface area contributed by atoms with E-state index < -0.39 is 6.10 Å². The van der Waals surface area contributed by atoms with Crippen LogP contribution in [0.3, 0.4) is 0 Å². The van der Waals surface area contributed by atoms with Gasteiger partial charge in [0, 0.05) is 0 Å². The average molecular weight is 252 g/mol. The van der Waals surface area contributed by atoms with Gasteiger partial charge >= 0.3 is 0 Å². The number of rotatable bonds is 4. The number of benzene rings is 1. The van der Waals surface area contributed by atoms with E-state index in [1.165, 1.54) is 12.1 Å². The number of aliphatic hydroxyl groups is 1. The highest BCUT2D eigenvalue weighted by atomic mass is 19.1. The highest BCUT2D eigenvalue weighted by Gasteiger charge is 2.19. The summed E-state index contributed by atoms with van der Waals surface area (Å²) in [7, 11) is 0. The van der Waals surface area contributed by atoms with Crippen LogP contribution in [0.5, 0.6) is 0 Å². The summed E-state index contributed by atoms with van der Waals surface area (Å²) in [5.41, 5.74) is 1.80. The molecule has 102 valence electrons. The van der Waals surface area contributed by atoms with Gasteiger partial charge in [-0.15, -0.1) is 0 Å². The zero-order valence-corrected chi connectivity index (χ0v) is 12.1. The molecule has 0 aliphatic heterocycles. The van der Waals surface area contributed by atoms with Crippen LogP contribution in [0.25, 0.3) is 0 Å². The molecule has 1 aromatic rings. The lowest BCUT2D eigenvalue weighted by Crippen LogP contribution is -2.13. The van der Waals surface area contributed by atoms with Crippen LogP contribution in [-0.4, -0.2) is 5.11 Å². The molecule has 0 heterocycles.